The van der Waals surface area contributed by atoms with Crippen molar-refractivity contribution in [2.45, 2.75) is 44.3 Å². The number of aliphatic carboxylic acids is 1. The van der Waals surface area contributed by atoms with E-state index in [0.717, 1.165) is 25.7 Å². The fourth-order valence-electron chi connectivity index (χ4n) is 3.58. The summed E-state index contributed by atoms with van der Waals surface area (Å²) in [5.41, 5.74) is 0. The van der Waals surface area contributed by atoms with Gasteiger partial charge < -0.3 is 14.7 Å². The second-order valence-corrected chi connectivity index (χ2v) is 5.68. The van der Waals surface area contributed by atoms with E-state index in [9.17, 15) is 9.59 Å². The van der Waals surface area contributed by atoms with Crippen LogP contribution in [0.15, 0.2) is 0 Å². The summed E-state index contributed by atoms with van der Waals surface area (Å²) in [6.45, 7) is 1.30. The molecular formula is C13H19NO4. The van der Waals surface area contributed by atoms with Crippen molar-refractivity contribution in [1.82, 2.24) is 4.90 Å². The smallest absolute Gasteiger partial charge is 0.307 e. The molecule has 2 heterocycles. The van der Waals surface area contributed by atoms with E-state index >= 15 is 0 Å². The molecule has 2 saturated heterocycles. The molecule has 3 rings (SSSR count). The Kier molecular flexibility index (Phi) is 3.01. The topological polar surface area (TPSA) is 66.8 Å². The lowest BCUT2D eigenvalue weighted by atomic mass is 9.94. The monoisotopic (exact) mass is 253 g/mol. The summed E-state index contributed by atoms with van der Waals surface area (Å²) in [6.07, 6.45) is 4.63. The van der Waals surface area contributed by atoms with Gasteiger partial charge in [0.2, 0.25) is 5.91 Å². The van der Waals surface area contributed by atoms with Crippen LogP contribution in [-0.4, -0.2) is 47.2 Å². The minimum Gasteiger partial charge on any atom is -0.481 e. The van der Waals surface area contributed by atoms with Gasteiger partial charge in [0.25, 0.3) is 0 Å². The van der Waals surface area contributed by atoms with Crippen LogP contribution in [-0.2, 0) is 14.3 Å². The van der Waals surface area contributed by atoms with Crippen molar-refractivity contribution in [3.8, 4) is 0 Å². The number of amides is 1. The SMILES string of the molecule is O=C(O)C1CCCC1C(=O)N1CC2CCC(C1)O2. The number of carbonyl (C=O) groups is 2. The van der Waals surface area contributed by atoms with Crippen LogP contribution in [0.2, 0.25) is 0 Å². The third-order valence-electron chi connectivity index (χ3n) is 4.51. The predicted octanol–water partition coefficient (Wildman–Crippen LogP) is 0.877. The molecule has 1 aliphatic carbocycles. The highest BCUT2D eigenvalue weighted by Crippen LogP contribution is 2.35. The minimum atomic E-state index is -0.818. The van der Waals surface area contributed by atoms with Crippen molar-refractivity contribution in [1.29, 1.82) is 0 Å². The van der Waals surface area contributed by atoms with Gasteiger partial charge in [-0.05, 0) is 25.7 Å². The molecule has 2 aliphatic heterocycles. The number of nitrogens with zero attached hydrogens (tertiary/aromatic N) is 1. The summed E-state index contributed by atoms with van der Waals surface area (Å²) in [5.74, 6) is -1.56. The summed E-state index contributed by atoms with van der Waals surface area (Å²) in [4.78, 5) is 25.4. The summed E-state index contributed by atoms with van der Waals surface area (Å²) in [6, 6.07) is 0. The van der Waals surface area contributed by atoms with Crippen molar-refractivity contribution >= 4 is 11.9 Å². The van der Waals surface area contributed by atoms with Gasteiger partial charge in [-0.1, -0.05) is 6.42 Å². The highest BCUT2D eigenvalue weighted by molar-refractivity contribution is 5.85. The zero-order valence-electron chi connectivity index (χ0n) is 10.4. The van der Waals surface area contributed by atoms with E-state index in [4.69, 9.17) is 9.84 Å². The maximum Gasteiger partial charge on any atom is 0.307 e. The third kappa shape index (κ3) is 2.00. The van der Waals surface area contributed by atoms with E-state index in [1.54, 1.807) is 0 Å². The quantitative estimate of drug-likeness (QED) is 0.793. The van der Waals surface area contributed by atoms with Gasteiger partial charge >= 0.3 is 5.97 Å². The highest BCUT2D eigenvalue weighted by atomic mass is 16.5. The summed E-state index contributed by atoms with van der Waals surface area (Å²) < 4.78 is 5.70. The van der Waals surface area contributed by atoms with Gasteiger partial charge in [-0.3, -0.25) is 9.59 Å². The van der Waals surface area contributed by atoms with Crippen LogP contribution in [0.1, 0.15) is 32.1 Å². The fourth-order valence-corrected chi connectivity index (χ4v) is 3.58. The molecule has 2 bridgehead atoms. The molecule has 1 amide bonds. The number of fused-ring (bicyclic) bond motifs is 2. The van der Waals surface area contributed by atoms with Crippen molar-refractivity contribution in [2.75, 3.05) is 13.1 Å². The first-order chi connectivity index (χ1) is 8.65. The molecule has 18 heavy (non-hydrogen) atoms. The van der Waals surface area contributed by atoms with E-state index in [0.29, 0.717) is 19.5 Å². The molecule has 3 aliphatic rings. The predicted molar refractivity (Wildman–Crippen MR) is 62.9 cm³/mol. The Hall–Kier alpha value is -1.10. The first-order valence-electron chi connectivity index (χ1n) is 6.82. The van der Waals surface area contributed by atoms with Crippen LogP contribution >= 0.6 is 0 Å². The number of hydrogen-bond acceptors (Lipinski definition) is 3. The number of morpholine rings is 1. The van der Waals surface area contributed by atoms with E-state index in [1.165, 1.54) is 0 Å². The van der Waals surface area contributed by atoms with Crippen LogP contribution < -0.4 is 0 Å². The zero-order valence-corrected chi connectivity index (χ0v) is 10.4. The third-order valence-corrected chi connectivity index (χ3v) is 4.51. The molecule has 5 heteroatoms. The molecule has 0 aromatic rings. The molecule has 1 N–H and O–H groups in total. The molecule has 1 saturated carbocycles. The van der Waals surface area contributed by atoms with Crippen LogP contribution in [0.25, 0.3) is 0 Å². The molecule has 0 aromatic carbocycles. The van der Waals surface area contributed by atoms with Crippen LogP contribution in [0.4, 0.5) is 0 Å². The number of rotatable bonds is 2. The average Bonchev–Trinajstić information content (AvgIpc) is 2.95. The average molecular weight is 253 g/mol. The van der Waals surface area contributed by atoms with Gasteiger partial charge in [0.15, 0.2) is 0 Å². The summed E-state index contributed by atoms with van der Waals surface area (Å²) in [5, 5.41) is 9.15. The van der Waals surface area contributed by atoms with Gasteiger partial charge in [0, 0.05) is 13.1 Å². The molecule has 5 nitrogen and oxygen atoms in total. The maximum atomic E-state index is 12.4. The van der Waals surface area contributed by atoms with E-state index in [-0.39, 0.29) is 24.0 Å². The Balaban J connectivity index is 1.69. The molecule has 4 atom stereocenters. The first-order valence-corrected chi connectivity index (χ1v) is 6.82. The van der Waals surface area contributed by atoms with Crippen molar-refractivity contribution < 1.29 is 19.4 Å². The number of ether oxygens (including phenoxy) is 1. The molecule has 0 spiro atoms. The first kappa shape index (κ1) is 12.0. The van der Waals surface area contributed by atoms with Gasteiger partial charge in [0.05, 0.1) is 24.0 Å². The van der Waals surface area contributed by atoms with Crippen molar-refractivity contribution in [3.63, 3.8) is 0 Å². The maximum absolute atomic E-state index is 12.4. The van der Waals surface area contributed by atoms with Gasteiger partial charge in [-0.15, -0.1) is 0 Å². The Morgan fingerprint density at radius 2 is 1.61 bits per heavy atom. The lowest BCUT2D eigenvalue weighted by molar-refractivity contribution is -0.153. The number of carboxylic acid groups (broad SMARTS) is 1. The zero-order chi connectivity index (χ0) is 12.7. The molecule has 0 aromatic heterocycles. The van der Waals surface area contributed by atoms with Gasteiger partial charge in [-0.25, -0.2) is 0 Å². The second kappa shape index (κ2) is 4.53. The lowest BCUT2D eigenvalue weighted by Crippen LogP contribution is -2.49. The van der Waals surface area contributed by atoms with E-state index in [1.807, 2.05) is 4.90 Å². The molecular weight excluding hydrogens is 234 g/mol. The number of carbonyl (C=O) groups excluding carboxylic acids is 1. The van der Waals surface area contributed by atoms with Crippen LogP contribution in [0, 0.1) is 11.8 Å². The lowest BCUT2D eigenvalue weighted by Gasteiger charge is -2.34. The van der Waals surface area contributed by atoms with Crippen LogP contribution in [0.3, 0.4) is 0 Å². The van der Waals surface area contributed by atoms with Gasteiger partial charge in [-0.2, -0.15) is 0 Å². The Morgan fingerprint density at radius 1 is 1.00 bits per heavy atom. The van der Waals surface area contributed by atoms with Crippen LogP contribution in [0.5, 0.6) is 0 Å². The summed E-state index contributed by atoms with van der Waals surface area (Å²) >= 11 is 0. The van der Waals surface area contributed by atoms with E-state index in [2.05, 4.69) is 0 Å². The number of likely N-dealkylation sites (tertiary alicyclic amines) is 1. The van der Waals surface area contributed by atoms with E-state index < -0.39 is 11.9 Å². The fraction of sp³-hybridized carbons (Fsp3) is 0.846. The summed E-state index contributed by atoms with van der Waals surface area (Å²) in [7, 11) is 0. The Morgan fingerprint density at radius 3 is 2.22 bits per heavy atom. The normalized spacial score (nSPS) is 39.0. The molecule has 0 radical (unpaired) electrons. The van der Waals surface area contributed by atoms with Crippen molar-refractivity contribution in [2.24, 2.45) is 11.8 Å². The standard InChI is InChI=1S/C13H19NO4/c15-12(10-2-1-3-11(10)13(16)17)14-6-8-4-5-9(7-14)18-8/h8-11H,1-7H2,(H,16,17). The second-order valence-electron chi connectivity index (χ2n) is 5.68. The largest absolute Gasteiger partial charge is 0.481 e. The molecule has 4 unspecified atom stereocenters. The number of hydrogen-bond donors (Lipinski definition) is 1. The minimum absolute atomic E-state index is 0.0418. The Bertz CT molecular complexity index is 358. The Labute approximate surface area is 106 Å². The molecule has 3 fully saturated rings. The van der Waals surface area contributed by atoms with Crippen molar-refractivity contribution in [3.05, 3.63) is 0 Å². The molecule has 100 valence electrons. The highest BCUT2D eigenvalue weighted by Gasteiger charge is 2.43. The van der Waals surface area contributed by atoms with Gasteiger partial charge in [0.1, 0.15) is 0 Å². The number of carboxylic acids is 1.